The van der Waals surface area contributed by atoms with Gasteiger partial charge in [-0.1, -0.05) is 24.3 Å². The van der Waals surface area contributed by atoms with E-state index < -0.39 is 0 Å². The Bertz CT molecular complexity index is 913. The lowest BCUT2D eigenvalue weighted by atomic mass is 10.1. The van der Waals surface area contributed by atoms with E-state index in [9.17, 15) is 9.59 Å². The summed E-state index contributed by atoms with van der Waals surface area (Å²) in [5.74, 6) is 0.569. The van der Waals surface area contributed by atoms with Crippen LogP contribution in [-0.4, -0.2) is 21.4 Å². The summed E-state index contributed by atoms with van der Waals surface area (Å²) in [6.07, 6.45) is 0. The lowest BCUT2D eigenvalue weighted by Crippen LogP contribution is -2.24. The minimum atomic E-state index is -0.155. The maximum absolute atomic E-state index is 12.3. The zero-order valence-electron chi connectivity index (χ0n) is 14.2. The molecule has 1 aromatic heterocycles. The third kappa shape index (κ3) is 3.85. The Balaban J connectivity index is 1.63. The molecule has 25 heavy (non-hydrogen) atoms. The van der Waals surface area contributed by atoms with Gasteiger partial charge in [-0.05, 0) is 29.8 Å². The fourth-order valence-electron chi connectivity index (χ4n) is 2.62. The predicted molar refractivity (Wildman–Crippen MR) is 95.8 cm³/mol. The number of para-hydroxylation sites is 2. The second-order valence-corrected chi connectivity index (χ2v) is 5.87. The number of aryl methyl sites for hydroxylation is 1. The molecule has 0 saturated carbocycles. The summed E-state index contributed by atoms with van der Waals surface area (Å²) < 4.78 is 1.98. The molecule has 0 unspecified atom stereocenters. The Morgan fingerprint density at radius 3 is 2.40 bits per heavy atom. The number of hydrogen-bond acceptors (Lipinski definition) is 3. The van der Waals surface area contributed by atoms with Crippen LogP contribution < -0.4 is 10.6 Å². The molecule has 6 nitrogen and oxygen atoms in total. The highest BCUT2D eigenvalue weighted by atomic mass is 16.2. The highest BCUT2D eigenvalue weighted by Gasteiger charge is 2.10. The number of imidazole rings is 1. The lowest BCUT2D eigenvalue weighted by molar-refractivity contribution is -0.119. The first-order chi connectivity index (χ1) is 12.0. The van der Waals surface area contributed by atoms with E-state index >= 15 is 0 Å². The van der Waals surface area contributed by atoms with Gasteiger partial charge in [0.1, 0.15) is 5.82 Å². The highest BCUT2D eigenvalue weighted by molar-refractivity contribution is 5.94. The first kappa shape index (κ1) is 16.7. The summed E-state index contributed by atoms with van der Waals surface area (Å²) in [6.45, 7) is 2.29. The lowest BCUT2D eigenvalue weighted by Gasteiger charge is -2.07. The summed E-state index contributed by atoms with van der Waals surface area (Å²) in [5.41, 5.74) is 3.47. The molecule has 0 aliphatic carbocycles. The van der Waals surface area contributed by atoms with E-state index in [2.05, 4.69) is 15.6 Å². The molecule has 0 aliphatic rings. The van der Waals surface area contributed by atoms with Crippen LogP contribution >= 0.6 is 0 Å². The largest absolute Gasteiger partial charge is 0.352 e. The van der Waals surface area contributed by atoms with Gasteiger partial charge in [0.15, 0.2) is 0 Å². The van der Waals surface area contributed by atoms with Gasteiger partial charge < -0.3 is 15.2 Å². The molecule has 0 aliphatic heterocycles. The van der Waals surface area contributed by atoms with E-state index in [1.54, 1.807) is 12.1 Å². The van der Waals surface area contributed by atoms with Crippen LogP contribution in [0.1, 0.15) is 28.7 Å². The first-order valence-electron chi connectivity index (χ1n) is 8.06. The number of fused-ring (bicyclic) bond motifs is 1. The van der Waals surface area contributed by atoms with Crippen LogP contribution in [-0.2, 0) is 24.9 Å². The van der Waals surface area contributed by atoms with Crippen molar-refractivity contribution >= 4 is 22.8 Å². The molecule has 1 heterocycles. The quantitative estimate of drug-likeness (QED) is 0.749. The smallest absolute Gasteiger partial charge is 0.251 e. The SMILES string of the molecule is CC(=O)NCc1ccc(C(=O)NCc2nc3ccccc3n2C)cc1. The van der Waals surface area contributed by atoms with E-state index in [0.717, 1.165) is 22.4 Å². The van der Waals surface area contributed by atoms with E-state index in [-0.39, 0.29) is 11.8 Å². The summed E-state index contributed by atoms with van der Waals surface area (Å²) in [7, 11) is 1.94. The van der Waals surface area contributed by atoms with Gasteiger partial charge in [0, 0.05) is 26.1 Å². The van der Waals surface area contributed by atoms with Gasteiger partial charge in [0.2, 0.25) is 5.91 Å². The van der Waals surface area contributed by atoms with E-state index in [1.165, 1.54) is 6.92 Å². The molecule has 0 saturated heterocycles. The third-order valence-corrected chi connectivity index (χ3v) is 4.04. The average molecular weight is 336 g/mol. The van der Waals surface area contributed by atoms with Crippen LogP contribution in [0.2, 0.25) is 0 Å². The molecule has 0 radical (unpaired) electrons. The topological polar surface area (TPSA) is 76.0 Å². The number of aromatic nitrogens is 2. The number of rotatable bonds is 5. The van der Waals surface area contributed by atoms with Crippen molar-refractivity contribution < 1.29 is 9.59 Å². The molecule has 0 bridgehead atoms. The van der Waals surface area contributed by atoms with E-state index in [0.29, 0.717) is 18.7 Å². The van der Waals surface area contributed by atoms with Gasteiger partial charge in [-0.3, -0.25) is 9.59 Å². The molecule has 6 heteroatoms. The molecule has 2 aromatic carbocycles. The van der Waals surface area contributed by atoms with Crippen LogP contribution in [0.3, 0.4) is 0 Å². The Kier molecular flexibility index (Phi) is 4.79. The fourth-order valence-corrected chi connectivity index (χ4v) is 2.62. The minimum Gasteiger partial charge on any atom is -0.352 e. The highest BCUT2D eigenvalue weighted by Crippen LogP contribution is 2.14. The molecule has 128 valence electrons. The van der Waals surface area contributed by atoms with Gasteiger partial charge in [-0.15, -0.1) is 0 Å². The van der Waals surface area contributed by atoms with Crippen molar-refractivity contribution in [1.29, 1.82) is 0 Å². The molecular formula is C19H20N4O2. The minimum absolute atomic E-state index is 0.0794. The number of hydrogen-bond donors (Lipinski definition) is 2. The van der Waals surface area contributed by atoms with E-state index in [1.807, 2.05) is 48.0 Å². The Morgan fingerprint density at radius 1 is 1.00 bits per heavy atom. The second kappa shape index (κ2) is 7.17. The van der Waals surface area contributed by atoms with Crippen LogP contribution in [0.5, 0.6) is 0 Å². The molecule has 2 N–H and O–H groups in total. The fraction of sp³-hybridized carbons (Fsp3) is 0.211. The number of amides is 2. The summed E-state index contributed by atoms with van der Waals surface area (Å²) in [5, 5.41) is 5.62. The van der Waals surface area contributed by atoms with Crippen LogP contribution in [0.4, 0.5) is 0 Å². The van der Waals surface area contributed by atoms with Crippen molar-refractivity contribution in [2.75, 3.05) is 0 Å². The van der Waals surface area contributed by atoms with Crippen molar-refractivity contribution in [3.8, 4) is 0 Å². The maximum atomic E-state index is 12.3. The average Bonchev–Trinajstić information content (AvgIpc) is 2.94. The maximum Gasteiger partial charge on any atom is 0.251 e. The molecule has 3 rings (SSSR count). The van der Waals surface area contributed by atoms with Crippen molar-refractivity contribution in [2.45, 2.75) is 20.0 Å². The Labute approximate surface area is 145 Å². The molecule has 0 spiro atoms. The number of carbonyl (C=O) groups is 2. The van der Waals surface area contributed by atoms with Crippen molar-refractivity contribution in [1.82, 2.24) is 20.2 Å². The Morgan fingerprint density at radius 2 is 1.72 bits per heavy atom. The summed E-state index contributed by atoms with van der Waals surface area (Å²) in [4.78, 5) is 27.8. The van der Waals surface area contributed by atoms with Crippen LogP contribution in [0.15, 0.2) is 48.5 Å². The van der Waals surface area contributed by atoms with Crippen LogP contribution in [0, 0.1) is 0 Å². The number of carbonyl (C=O) groups excluding carboxylic acids is 2. The van der Waals surface area contributed by atoms with Gasteiger partial charge in [-0.25, -0.2) is 4.98 Å². The summed E-state index contributed by atoms with van der Waals surface area (Å²) >= 11 is 0. The normalized spacial score (nSPS) is 10.6. The third-order valence-electron chi connectivity index (χ3n) is 4.04. The zero-order valence-corrected chi connectivity index (χ0v) is 14.2. The predicted octanol–water partition coefficient (Wildman–Crippen LogP) is 2.14. The number of benzene rings is 2. The Hall–Kier alpha value is -3.15. The molecule has 0 fully saturated rings. The molecule has 0 atom stereocenters. The first-order valence-corrected chi connectivity index (χ1v) is 8.06. The summed E-state index contributed by atoms with van der Waals surface area (Å²) in [6, 6.07) is 15.0. The zero-order chi connectivity index (χ0) is 17.8. The molecule has 3 aromatic rings. The number of nitrogens with zero attached hydrogens (tertiary/aromatic N) is 2. The number of nitrogens with one attached hydrogen (secondary N) is 2. The van der Waals surface area contributed by atoms with Crippen molar-refractivity contribution in [2.24, 2.45) is 7.05 Å². The molecule has 2 amide bonds. The standard InChI is InChI=1S/C19H20N4O2/c1-13(24)20-11-14-7-9-15(10-8-14)19(25)21-12-18-22-16-5-3-4-6-17(16)23(18)2/h3-10H,11-12H2,1-2H3,(H,20,24)(H,21,25). The van der Waals surface area contributed by atoms with Gasteiger partial charge in [0.25, 0.3) is 5.91 Å². The van der Waals surface area contributed by atoms with E-state index in [4.69, 9.17) is 0 Å². The van der Waals surface area contributed by atoms with Crippen molar-refractivity contribution in [3.05, 3.63) is 65.5 Å². The molecular weight excluding hydrogens is 316 g/mol. The van der Waals surface area contributed by atoms with Crippen molar-refractivity contribution in [3.63, 3.8) is 0 Å². The van der Waals surface area contributed by atoms with Gasteiger partial charge in [-0.2, -0.15) is 0 Å². The monoisotopic (exact) mass is 336 g/mol. The van der Waals surface area contributed by atoms with Gasteiger partial charge in [0.05, 0.1) is 17.6 Å². The second-order valence-electron chi connectivity index (χ2n) is 5.87. The van der Waals surface area contributed by atoms with Gasteiger partial charge >= 0.3 is 0 Å². The van der Waals surface area contributed by atoms with Crippen LogP contribution in [0.25, 0.3) is 11.0 Å².